The standard InChI is InChI=1S/C21H21N3O3/c1-24-21(27)18(20(26)22-13-8-14-25)17(15-9-4-2-5-10-15)19(23-24)16-11-6-3-7-12-16/h2-7,9-12,25H,8,13-14H2,1H3,(H,22,26). The second-order valence-electron chi connectivity index (χ2n) is 6.09. The molecule has 0 saturated heterocycles. The summed E-state index contributed by atoms with van der Waals surface area (Å²) in [6.07, 6.45) is 0.420. The Labute approximate surface area is 157 Å². The molecule has 2 N–H and O–H groups in total. The Morgan fingerprint density at radius 3 is 2.22 bits per heavy atom. The van der Waals surface area contributed by atoms with Gasteiger partial charge in [0.2, 0.25) is 0 Å². The molecule has 1 aromatic heterocycles. The van der Waals surface area contributed by atoms with Gasteiger partial charge in [-0.15, -0.1) is 0 Å². The van der Waals surface area contributed by atoms with Crippen LogP contribution in [-0.2, 0) is 7.05 Å². The number of nitrogens with zero attached hydrogens (tertiary/aromatic N) is 2. The zero-order valence-electron chi connectivity index (χ0n) is 15.1. The zero-order valence-corrected chi connectivity index (χ0v) is 15.1. The summed E-state index contributed by atoms with van der Waals surface area (Å²) in [6.45, 7) is 0.255. The van der Waals surface area contributed by atoms with Gasteiger partial charge in [0.1, 0.15) is 5.56 Å². The van der Waals surface area contributed by atoms with Crippen LogP contribution in [0.25, 0.3) is 22.4 Å². The van der Waals surface area contributed by atoms with Crippen LogP contribution in [0, 0.1) is 0 Å². The van der Waals surface area contributed by atoms with Gasteiger partial charge in [0.15, 0.2) is 0 Å². The number of aromatic nitrogens is 2. The highest BCUT2D eigenvalue weighted by atomic mass is 16.3. The van der Waals surface area contributed by atoms with Gasteiger partial charge in [0, 0.05) is 31.3 Å². The van der Waals surface area contributed by atoms with E-state index in [4.69, 9.17) is 5.11 Å². The van der Waals surface area contributed by atoms with E-state index in [1.54, 1.807) is 0 Å². The molecule has 0 unspecified atom stereocenters. The number of hydrogen-bond donors (Lipinski definition) is 2. The Bertz CT molecular complexity index is 983. The number of nitrogens with one attached hydrogen (secondary N) is 1. The molecule has 0 spiro atoms. The molecule has 0 radical (unpaired) electrons. The molecule has 0 atom stereocenters. The molecule has 3 aromatic rings. The van der Waals surface area contributed by atoms with Crippen molar-refractivity contribution in [2.45, 2.75) is 6.42 Å². The molecule has 6 nitrogen and oxygen atoms in total. The summed E-state index contributed by atoms with van der Waals surface area (Å²) in [6, 6.07) is 18.8. The quantitative estimate of drug-likeness (QED) is 0.658. The van der Waals surface area contributed by atoms with Gasteiger partial charge in [-0.1, -0.05) is 60.7 Å². The number of benzene rings is 2. The minimum atomic E-state index is -0.470. The van der Waals surface area contributed by atoms with Gasteiger partial charge >= 0.3 is 0 Å². The maximum Gasteiger partial charge on any atom is 0.280 e. The van der Waals surface area contributed by atoms with Crippen molar-refractivity contribution in [2.24, 2.45) is 7.05 Å². The number of carbonyl (C=O) groups is 1. The first-order chi connectivity index (χ1) is 13.1. The van der Waals surface area contributed by atoms with Gasteiger partial charge < -0.3 is 10.4 Å². The number of aliphatic hydroxyl groups is 1. The maximum absolute atomic E-state index is 12.8. The van der Waals surface area contributed by atoms with Gasteiger partial charge in [0.25, 0.3) is 11.5 Å². The van der Waals surface area contributed by atoms with E-state index in [9.17, 15) is 9.59 Å². The Kier molecular flexibility index (Phi) is 5.78. The topological polar surface area (TPSA) is 84.2 Å². The van der Waals surface area contributed by atoms with Crippen LogP contribution < -0.4 is 10.9 Å². The molecule has 27 heavy (non-hydrogen) atoms. The second-order valence-corrected chi connectivity index (χ2v) is 6.09. The molecular weight excluding hydrogens is 342 g/mol. The summed E-state index contributed by atoms with van der Waals surface area (Å²) < 4.78 is 1.19. The van der Waals surface area contributed by atoms with E-state index in [-0.39, 0.29) is 18.7 Å². The van der Waals surface area contributed by atoms with Crippen molar-refractivity contribution in [2.75, 3.05) is 13.2 Å². The lowest BCUT2D eigenvalue weighted by atomic mass is 9.95. The van der Waals surface area contributed by atoms with Crippen molar-refractivity contribution >= 4 is 5.91 Å². The third-order valence-corrected chi connectivity index (χ3v) is 4.20. The Morgan fingerprint density at radius 2 is 1.63 bits per heavy atom. The summed E-state index contributed by atoms with van der Waals surface area (Å²) in [4.78, 5) is 25.6. The smallest absolute Gasteiger partial charge is 0.280 e. The summed E-state index contributed by atoms with van der Waals surface area (Å²) in [5, 5.41) is 16.1. The average molecular weight is 363 g/mol. The predicted molar refractivity (Wildman–Crippen MR) is 104 cm³/mol. The predicted octanol–water partition coefficient (Wildman–Crippen LogP) is 2.23. The van der Waals surface area contributed by atoms with Crippen molar-refractivity contribution in [3.8, 4) is 22.4 Å². The van der Waals surface area contributed by atoms with Crippen molar-refractivity contribution in [1.82, 2.24) is 15.1 Å². The van der Waals surface area contributed by atoms with Gasteiger partial charge in [-0.2, -0.15) is 5.10 Å². The van der Waals surface area contributed by atoms with E-state index in [1.807, 2.05) is 60.7 Å². The van der Waals surface area contributed by atoms with Crippen LogP contribution in [0.2, 0.25) is 0 Å². The van der Waals surface area contributed by atoms with Gasteiger partial charge in [0.05, 0.1) is 5.69 Å². The van der Waals surface area contributed by atoms with Crippen molar-refractivity contribution in [3.05, 3.63) is 76.6 Å². The molecule has 2 aromatic carbocycles. The van der Waals surface area contributed by atoms with E-state index in [2.05, 4.69) is 10.4 Å². The molecule has 1 heterocycles. The summed E-state index contributed by atoms with van der Waals surface area (Å²) in [5.74, 6) is -0.470. The first-order valence-corrected chi connectivity index (χ1v) is 8.74. The van der Waals surface area contributed by atoms with Crippen LogP contribution in [0.1, 0.15) is 16.8 Å². The molecule has 0 aliphatic rings. The number of hydrogen-bond acceptors (Lipinski definition) is 4. The zero-order chi connectivity index (χ0) is 19.2. The lowest BCUT2D eigenvalue weighted by Crippen LogP contribution is -2.35. The second kappa shape index (κ2) is 8.42. The highest BCUT2D eigenvalue weighted by Gasteiger charge is 2.24. The molecule has 3 rings (SSSR count). The first-order valence-electron chi connectivity index (χ1n) is 8.74. The molecule has 0 bridgehead atoms. The van der Waals surface area contributed by atoms with Crippen LogP contribution in [-0.4, -0.2) is 33.9 Å². The van der Waals surface area contributed by atoms with Crippen LogP contribution in [0.3, 0.4) is 0 Å². The van der Waals surface area contributed by atoms with Crippen molar-refractivity contribution in [3.63, 3.8) is 0 Å². The maximum atomic E-state index is 12.8. The summed E-state index contributed by atoms with van der Waals surface area (Å²) >= 11 is 0. The highest BCUT2D eigenvalue weighted by Crippen LogP contribution is 2.31. The van der Waals surface area contributed by atoms with Crippen LogP contribution >= 0.6 is 0 Å². The normalized spacial score (nSPS) is 10.6. The van der Waals surface area contributed by atoms with E-state index < -0.39 is 11.5 Å². The van der Waals surface area contributed by atoms with E-state index in [0.29, 0.717) is 17.7 Å². The minimum absolute atomic E-state index is 0.0323. The first kappa shape index (κ1) is 18.5. The number of aliphatic hydroxyl groups excluding tert-OH is 1. The minimum Gasteiger partial charge on any atom is -0.396 e. The molecule has 6 heteroatoms. The summed E-state index contributed by atoms with van der Waals surface area (Å²) in [7, 11) is 1.54. The van der Waals surface area contributed by atoms with E-state index in [0.717, 1.165) is 11.1 Å². The fourth-order valence-electron chi connectivity index (χ4n) is 2.90. The number of aryl methyl sites for hydroxylation is 1. The van der Waals surface area contributed by atoms with Gasteiger partial charge in [-0.05, 0) is 12.0 Å². The molecule has 0 aliphatic heterocycles. The number of rotatable bonds is 6. The van der Waals surface area contributed by atoms with E-state index >= 15 is 0 Å². The summed E-state index contributed by atoms with van der Waals surface area (Å²) in [5.41, 5.74) is 2.22. The molecular formula is C21H21N3O3. The molecule has 0 fully saturated rings. The van der Waals surface area contributed by atoms with Crippen LogP contribution in [0.15, 0.2) is 65.5 Å². The molecule has 1 amide bonds. The number of amides is 1. The molecule has 0 aliphatic carbocycles. The number of carbonyl (C=O) groups excluding carboxylic acids is 1. The largest absolute Gasteiger partial charge is 0.396 e. The van der Waals surface area contributed by atoms with Crippen molar-refractivity contribution in [1.29, 1.82) is 0 Å². The SMILES string of the molecule is Cn1nc(-c2ccccc2)c(-c2ccccc2)c(C(=O)NCCCO)c1=O. The third kappa shape index (κ3) is 3.96. The average Bonchev–Trinajstić information content (AvgIpc) is 2.71. The van der Waals surface area contributed by atoms with Crippen LogP contribution in [0.5, 0.6) is 0 Å². The van der Waals surface area contributed by atoms with Gasteiger partial charge in [-0.3, -0.25) is 9.59 Å². The highest BCUT2D eigenvalue weighted by molar-refractivity contribution is 6.03. The Hall–Kier alpha value is -3.25. The third-order valence-electron chi connectivity index (χ3n) is 4.20. The fourth-order valence-corrected chi connectivity index (χ4v) is 2.90. The molecule has 0 saturated carbocycles. The molecule has 138 valence electrons. The Balaban J connectivity index is 2.26. The van der Waals surface area contributed by atoms with E-state index in [1.165, 1.54) is 11.7 Å². The fraction of sp³-hybridized carbons (Fsp3) is 0.190. The van der Waals surface area contributed by atoms with Gasteiger partial charge in [-0.25, -0.2) is 4.68 Å². The monoisotopic (exact) mass is 363 g/mol. The van der Waals surface area contributed by atoms with Crippen LogP contribution in [0.4, 0.5) is 0 Å². The Morgan fingerprint density at radius 1 is 1.04 bits per heavy atom. The lowest BCUT2D eigenvalue weighted by molar-refractivity contribution is 0.0949. The van der Waals surface area contributed by atoms with Crippen molar-refractivity contribution < 1.29 is 9.90 Å². The lowest BCUT2D eigenvalue weighted by Gasteiger charge is -2.15.